The molecule has 0 bridgehead atoms. The Labute approximate surface area is 109 Å². The molecule has 0 unspecified atom stereocenters. The quantitative estimate of drug-likeness (QED) is 0.709. The van der Waals surface area contributed by atoms with Gasteiger partial charge in [0.05, 0.1) is 0 Å². The predicted molar refractivity (Wildman–Crippen MR) is 71.5 cm³/mol. The normalized spacial score (nSPS) is 10.6. The van der Waals surface area contributed by atoms with Crippen LogP contribution >= 0.6 is 0 Å². The summed E-state index contributed by atoms with van der Waals surface area (Å²) in [5, 5.41) is 8.86. The molecule has 0 spiro atoms. The molecular weight excluding hydrogens is 232 g/mol. The monoisotopic (exact) mass is 256 g/mol. The van der Waals surface area contributed by atoms with Gasteiger partial charge in [-0.15, -0.1) is 6.58 Å². The van der Waals surface area contributed by atoms with Crippen molar-refractivity contribution in [1.82, 2.24) is 9.80 Å². The van der Waals surface area contributed by atoms with Gasteiger partial charge in [-0.1, -0.05) is 19.9 Å². The molecule has 0 rings (SSSR count). The highest BCUT2D eigenvalue weighted by molar-refractivity contribution is 5.80. The third-order valence-electron chi connectivity index (χ3n) is 2.38. The molecule has 0 aromatic rings. The second-order valence-electron chi connectivity index (χ2n) is 4.99. The highest BCUT2D eigenvalue weighted by Gasteiger charge is 2.24. The van der Waals surface area contributed by atoms with Crippen LogP contribution in [-0.4, -0.2) is 52.6 Å². The van der Waals surface area contributed by atoms with E-state index in [0.29, 0.717) is 13.1 Å². The van der Waals surface area contributed by atoms with Crippen LogP contribution in [0, 0.1) is 5.92 Å². The Bertz CT molecular complexity index is 301. The van der Waals surface area contributed by atoms with Crippen molar-refractivity contribution in [3.8, 4) is 0 Å². The van der Waals surface area contributed by atoms with Gasteiger partial charge in [-0.05, 0) is 19.8 Å². The van der Waals surface area contributed by atoms with Crippen molar-refractivity contribution < 1.29 is 14.7 Å². The fourth-order valence-corrected chi connectivity index (χ4v) is 1.64. The molecule has 0 aliphatic carbocycles. The molecule has 0 aliphatic heterocycles. The van der Waals surface area contributed by atoms with Gasteiger partial charge in [0.25, 0.3) is 0 Å². The number of rotatable bonds is 7. The van der Waals surface area contributed by atoms with Crippen molar-refractivity contribution in [2.24, 2.45) is 5.92 Å². The van der Waals surface area contributed by atoms with Crippen LogP contribution in [0.2, 0.25) is 0 Å². The minimum absolute atomic E-state index is 0.0129. The smallest absolute Gasteiger partial charge is 0.323 e. The average Bonchev–Trinajstić information content (AvgIpc) is 2.22. The van der Waals surface area contributed by atoms with Gasteiger partial charge in [0.15, 0.2) is 0 Å². The fourth-order valence-electron chi connectivity index (χ4n) is 1.64. The van der Waals surface area contributed by atoms with Crippen molar-refractivity contribution in [2.45, 2.75) is 33.7 Å². The molecule has 0 heterocycles. The molecule has 0 saturated carbocycles. The van der Waals surface area contributed by atoms with Gasteiger partial charge in [0, 0.05) is 19.1 Å². The fraction of sp³-hybridized carbons (Fsp3) is 0.692. The number of aliphatic carboxylic acids is 1. The summed E-state index contributed by atoms with van der Waals surface area (Å²) >= 11 is 0. The molecule has 18 heavy (non-hydrogen) atoms. The van der Waals surface area contributed by atoms with Crippen molar-refractivity contribution in [2.75, 3.05) is 19.6 Å². The molecular formula is C13H24N2O3. The topological polar surface area (TPSA) is 60.9 Å². The van der Waals surface area contributed by atoms with E-state index in [0.717, 1.165) is 0 Å². The van der Waals surface area contributed by atoms with E-state index in [1.807, 2.05) is 27.7 Å². The first-order valence-electron chi connectivity index (χ1n) is 6.17. The van der Waals surface area contributed by atoms with Crippen molar-refractivity contribution in [3.05, 3.63) is 12.7 Å². The van der Waals surface area contributed by atoms with Crippen LogP contribution in [0.25, 0.3) is 0 Å². The summed E-state index contributed by atoms with van der Waals surface area (Å²) in [7, 11) is 0. The SMILES string of the molecule is C=CCN(C(=O)N(CC(=O)O)CC(C)C)C(C)C. The van der Waals surface area contributed by atoms with Crippen LogP contribution < -0.4 is 0 Å². The Balaban J connectivity index is 4.88. The predicted octanol–water partition coefficient (Wildman–Crippen LogP) is 2.05. The van der Waals surface area contributed by atoms with E-state index in [-0.39, 0.29) is 24.5 Å². The molecule has 0 aromatic carbocycles. The maximum atomic E-state index is 12.3. The molecule has 0 radical (unpaired) electrons. The highest BCUT2D eigenvalue weighted by atomic mass is 16.4. The van der Waals surface area contributed by atoms with Crippen LogP contribution in [-0.2, 0) is 4.79 Å². The standard InChI is InChI=1S/C13H24N2O3/c1-6-7-15(11(4)5)13(18)14(8-10(2)3)9-12(16)17/h6,10-11H,1,7-9H2,2-5H3,(H,16,17). The van der Waals surface area contributed by atoms with E-state index in [2.05, 4.69) is 6.58 Å². The number of hydrogen-bond donors (Lipinski definition) is 1. The van der Waals surface area contributed by atoms with Crippen molar-refractivity contribution in [3.63, 3.8) is 0 Å². The van der Waals surface area contributed by atoms with Crippen molar-refractivity contribution in [1.29, 1.82) is 0 Å². The average molecular weight is 256 g/mol. The van der Waals surface area contributed by atoms with Gasteiger partial charge in [0.2, 0.25) is 0 Å². The Hall–Kier alpha value is -1.52. The molecule has 0 aromatic heterocycles. The lowest BCUT2D eigenvalue weighted by Crippen LogP contribution is -2.49. The third-order valence-corrected chi connectivity index (χ3v) is 2.38. The van der Waals surface area contributed by atoms with E-state index in [4.69, 9.17) is 5.11 Å². The second kappa shape index (κ2) is 7.74. The molecule has 1 N–H and O–H groups in total. The van der Waals surface area contributed by atoms with Gasteiger partial charge in [-0.25, -0.2) is 4.79 Å². The largest absolute Gasteiger partial charge is 0.480 e. The maximum Gasteiger partial charge on any atom is 0.323 e. The van der Waals surface area contributed by atoms with Crippen LogP contribution in [0.4, 0.5) is 4.79 Å². The molecule has 5 nitrogen and oxygen atoms in total. The van der Waals surface area contributed by atoms with E-state index >= 15 is 0 Å². The lowest BCUT2D eigenvalue weighted by atomic mass is 10.2. The molecule has 2 amide bonds. The van der Waals surface area contributed by atoms with E-state index in [1.54, 1.807) is 11.0 Å². The van der Waals surface area contributed by atoms with Gasteiger partial charge in [0.1, 0.15) is 6.54 Å². The number of urea groups is 1. The van der Waals surface area contributed by atoms with E-state index in [1.165, 1.54) is 4.90 Å². The molecule has 0 saturated heterocycles. The Morgan fingerprint density at radius 3 is 2.17 bits per heavy atom. The molecule has 0 atom stereocenters. The number of carbonyl (C=O) groups is 2. The van der Waals surface area contributed by atoms with E-state index < -0.39 is 5.97 Å². The molecule has 5 heteroatoms. The van der Waals surface area contributed by atoms with Crippen LogP contribution in [0.1, 0.15) is 27.7 Å². The summed E-state index contributed by atoms with van der Waals surface area (Å²) in [4.78, 5) is 26.1. The Morgan fingerprint density at radius 1 is 1.28 bits per heavy atom. The summed E-state index contributed by atoms with van der Waals surface area (Å²) in [5.41, 5.74) is 0. The molecule has 0 fully saturated rings. The summed E-state index contributed by atoms with van der Waals surface area (Å²) in [5.74, 6) is -0.766. The van der Waals surface area contributed by atoms with Crippen LogP contribution in [0.15, 0.2) is 12.7 Å². The lowest BCUT2D eigenvalue weighted by Gasteiger charge is -2.32. The van der Waals surface area contributed by atoms with Gasteiger partial charge in [-0.2, -0.15) is 0 Å². The minimum atomic E-state index is -0.994. The molecule has 0 aliphatic rings. The zero-order valence-electron chi connectivity index (χ0n) is 11.7. The Kier molecular flexibility index (Phi) is 7.08. The summed E-state index contributed by atoms with van der Waals surface area (Å²) in [6.07, 6.45) is 1.65. The first-order chi connectivity index (χ1) is 8.29. The number of hydrogen-bond acceptors (Lipinski definition) is 2. The second-order valence-corrected chi connectivity index (χ2v) is 4.99. The van der Waals surface area contributed by atoms with Gasteiger partial charge < -0.3 is 14.9 Å². The zero-order chi connectivity index (χ0) is 14.3. The summed E-state index contributed by atoms with van der Waals surface area (Å²) in [6.45, 7) is 11.9. The third kappa shape index (κ3) is 5.70. The lowest BCUT2D eigenvalue weighted by molar-refractivity contribution is -0.137. The number of amides is 2. The summed E-state index contributed by atoms with van der Waals surface area (Å²) < 4.78 is 0. The van der Waals surface area contributed by atoms with Crippen LogP contribution in [0.3, 0.4) is 0 Å². The minimum Gasteiger partial charge on any atom is -0.480 e. The molecule has 104 valence electrons. The number of carboxylic acids is 1. The highest BCUT2D eigenvalue weighted by Crippen LogP contribution is 2.07. The maximum absolute atomic E-state index is 12.3. The first kappa shape index (κ1) is 16.5. The summed E-state index contributed by atoms with van der Waals surface area (Å²) in [6, 6.07) is -0.236. The van der Waals surface area contributed by atoms with Gasteiger partial charge in [-0.3, -0.25) is 4.79 Å². The number of carbonyl (C=O) groups excluding carboxylic acids is 1. The number of carboxylic acid groups (broad SMARTS) is 1. The number of nitrogens with zero attached hydrogens (tertiary/aromatic N) is 2. The first-order valence-corrected chi connectivity index (χ1v) is 6.17. The van der Waals surface area contributed by atoms with Crippen molar-refractivity contribution >= 4 is 12.0 Å². The van der Waals surface area contributed by atoms with Gasteiger partial charge >= 0.3 is 12.0 Å². The van der Waals surface area contributed by atoms with Crippen LogP contribution in [0.5, 0.6) is 0 Å². The Morgan fingerprint density at radius 2 is 1.83 bits per heavy atom. The zero-order valence-corrected chi connectivity index (χ0v) is 11.7. The van der Waals surface area contributed by atoms with E-state index in [9.17, 15) is 9.59 Å².